The predicted molar refractivity (Wildman–Crippen MR) is 59.9 cm³/mol. The third kappa shape index (κ3) is 2.21. The fourth-order valence-electron chi connectivity index (χ4n) is 1.74. The summed E-state index contributed by atoms with van der Waals surface area (Å²) in [6.45, 7) is 2.44. The van der Waals surface area contributed by atoms with Crippen molar-refractivity contribution in [3.8, 4) is 0 Å². The molecule has 0 aliphatic heterocycles. The molecule has 1 atom stereocenters. The van der Waals surface area contributed by atoms with Gasteiger partial charge in [0, 0.05) is 11.4 Å². The molecule has 0 saturated heterocycles. The number of nitrogens with one attached hydrogen (secondary N) is 1. The zero-order valence-electron chi connectivity index (χ0n) is 8.69. The molecule has 3 nitrogen and oxygen atoms in total. The van der Waals surface area contributed by atoms with Crippen molar-refractivity contribution in [1.29, 1.82) is 0 Å². The quantitative estimate of drug-likeness (QED) is 0.806. The lowest BCUT2D eigenvalue weighted by atomic mass is 9.96. The number of thiophene rings is 1. The second kappa shape index (κ2) is 3.94. The fourth-order valence-corrected chi connectivity index (χ4v) is 2.38. The Hall–Kier alpha value is -0.870. The highest BCUT2D eigenvalue weighted by atomic mass is 32.1. The average molecular weight is 225 g/mol. The molecule has 15 heavy (non-hydrogen) atoms. The van der Waals surface area contributed by atoms with E-state index in [9.17, 15) is 9.90 Å². The van der Waals surface area contributed by atoms with Crippen molar-refractivity contribution in [2.75, 3.05) is 0 Å². The number of aliphatic carboxylic acids is 1. The van der Waals surface area contributed by atoms with Gasteiger partial charge in [0.1, 0.15) is 5.54 Å². The van der Waals surface area contributed by atoms with E-state index in [4.69, 9.17) is 0 Å². The zero-order chi connectivity index (χ0) is 10.9. The van der Waals surface area contributed by atoms with E-state index in [1.165, 1.54) is 4.88 Å². The normalized spacial score (nSPS) is 19.8. The SMILES string of the molecule is CC(NCc1cccs1)(C(=O)O)C1CC1. The molecular formula is C11H15NO2S. The summed E-state index contributed by atoms with van der Waals surface area (Å²) in [4.78, 5) is 12.4. The van der Waals surface area contributed by atoms with E-state index in [0.717, 1.165) is 12.8 Å². The van der Waals surface area contributed by atoms with E-state index < -0.39 is 11.5 Å². The Bertz CT molecular complexity index is 345. The first-order valence-corrected chi connectivity index (χ1v) is 6.01. The van der Waals surface area contributed by atoms with Crippen molar-refractivity contribution in [2.24, 2.45) is 5.92 Å². The van der Waals surface area contributed by atoms with Gasteiger partial charge in [-0.3, -0.25) is 10.1 Å². The second-order valence-electron chi connectivity index (χ2n) is 4.21. The molecule has 1 unspecified atom stereocenters. The fraction of sp³-hybridized carbons (Fsp3) is 0.545. The van der Waals surface area contributed by atoms with E-state index >= 15 is 0 Å². The van der Waals surface area contributed by atoms with Gasteiger partial charge >= 0.3 is 5.97 Å². The van der Waals surface area contributed by atoms with Gasteiger partial charge in [-0.15, -0.1) is 11.3 Å². The molecule has 1 aliphatic rings. The number of carbonyl (C=O) groups is 1. The van der Waals surface area contributed by atoms with Crippen LogP contribution in [0, 0.1) is 5.92 Å². The maximum absolute atomic E-state index is 11.2. The standard InChI is InChI=1S/C11H15NO2S/c1-11(10(13)14,8-4-5-8)12-7-9-3-2-6-15-9/h2-3,6,8,12H,4-5,7H2,1H3,(H,13,14). The van der Waals surface area contributed by atoms with Gasteiger partial charge in [-0.05, 0) is 37.1 Å². The predicted octanol–water partition coefficient (Wildman–Crippen LogP) is 2.09. The number of hydrogen-bond donors (Lipinski definition) is 2. The summed E-state index contributed by atoms with van der Waals surface area (Å²) in [6, 6.07) is 4.00. The van der Waals surface area contributed by atoms with Crippen molar-refractivity contribution < 1.29 is 9.90 Å². The minimum Gasteiger partial charge on any atom is -0.480 e. The number of carboxylic acid groups (broad SMARTS) is 1. The van der Waals surface area contributed by atoms with Gasteiger partial charge in [-0.2, -0.15) is 0 Å². The summed E-state index contributed by atoms with van der Waals surface area (Å²) >= 11 is 1.65. The van der Waals surface area contributed by atoms with Gasteiger partial charge in [-0.1, -0.05) is 6.07 Å². The molecule has 2 rings (SSSR count). The van der Waals surface area contributed by atoms with Crippen LogP contribution in [-0.4, -0.2) is 16.6 Å². The van der Waals surface area contributed by atoms with Crippen molar-refractivity contribution in [2.45, 2.75) is 31.8 Å². The summed E-state index contributed by atoms with van der Waals surface area (Å²) in [5, 5.41) is 14.4. The van der Waals surface area contributed by atoms with Gasteiger partial charge in [-0.25, -0.2) is 0 Å². The molecule has 0 spiro atoms. The van der Waals surface area contributed by atoms with Crippen molar-refractivity contribution in [3.05, 3.63) is 22.4 Å². The molecule has 2 N–H and O–H groups in total. The Morgan fingerprint density at radius 2 is 2.47 bits per heavy atom. The Morgan fingerprint density at radius 3 is 2.93 bits per heavy atom. The van der Waals surface area contributed by atoms with Crippen LogP contribution in [-0.2, 0) is 11.3 Å². The van der Waals surface area contributed by atoms with Crippen LogP contribution in [0.3, 0.4) is 0 Å². The minimum absolute atomic E-state index is 0.301. The molecule has 1 fully saturated rings. The van der Waals surface area contributed by atoms with Gasteiger partial charge in [0.2, 0.25) is 0 Å². The first-order chi connectivity index (χ1) is 7.13. The van der Waals surface area contributed by atoms with Crippen LogP contribution in [0.5, 0.6) is 0 Å². The molecule has 4 heteroatoms. The number of rotatable bonds is 5. The lowest BCUT2D eigenvalue weighted by Crippen LogP contribution is -2.50. The molecule has 0 bridgehead atoms. The van der Waals surface area contributed by atoms with Crippen molar-refractivity contribution in [3.63, 3.8) is 0 Å². The van der Waals surface area contributed by atoms with Crippen molar-refractivity contribution in [1.82, 2.24) is 5.32 Å². The monoisotopic (exact) mass is 225 g/mol. The smallest absolute Gasteiger partial charge is 0.323 e. The molecule has 1 aromatic rings. The number of carboxylic acids is 1. The molecule has 1 aliphatic carbocycles. The van der Waals surface area contributed by atoms with E-state index in [1.807, 2.05) is 17.5 Å². The van der Waals surface area contributed by atoms with Crippen LogP contribution < -0.4 is 5.32 Å². The Labute approximate surface area is 93.1 Å². The Kier molecular flexibility index (Phi) is 2.80. The first kappa shape index (κ1) is 10.6. The highest BCUT2D eigenvalue weighted by molar-refractivity contribution is 7.09. The first-order valence-electron chi connectivity index (χ1n) is 5.14. The second-order valence-corrected chi connectivity index (χ2v) is 5.25. The molecular weight excluding hydrogens is 210 g/mol. The van der Waals surface area contributed by atoms with Gasteiger partial charge in [0.25, 0.3) is 0 Å². The van der Waals surface area contributed by atoms with Crippen LogP contribution in [0.2, 0.25) is 0 Å². The van der Waals surface area contributed by atoms with Gasteiger partial charge < -0.3 is 5.11 Å². The van der Waals surface area contributed by atoms with Crippen LogP contribution in [0.15, 0.2) is 17.5 Å². The highest BCUT2D eigenvalue weighted by Gasteiger charge is 2.47. The molecule has 0 aromatic carbocycles. The molecule has 1 saturated carbocycles. The van der Waals surface area contributed by atoms with Crippen LogP contribution in [0.1, 0.15) is 24.6 Å². The van der Waals surface area contributed by atoms with Crippen LogP contribution in [0.4, 0.5) is 0 Å². The maximum atomic E-state index is 11.2. The van der Waals surface area contributed by atoms with Crippen LogP contribution >= 0.6 is 11.3 Å². The van der Waals surface area contributed by atoms with E-state index in [0.29, 0.717) is 12.5 Å². The molecule has 0 amide bonds. The lowest BCUT2D eigenvalue weighted by molar-refractivity contribution is -0.145. The molecule has 1 heterocycles. The Balaban J connectivity index is 1.98. The van der Waals surface area contributed by atoms with E-state index in [2.05, 4.69) is 5.32 Å². The Morgan fingerprint density at radius 1 is 1.73 bits per heavy atom. The largest absolute Gasteiger partial charge is 0.480 e. The molecule has 1 aromatic heterocycles. The minimum atomic E-state index is -0.746. The van der Waals surface area contributed by atoms with Gasteiger partial charge in [0.15, 0.2) is 0 Å². The number of hydrogen-bond acceptors (Lipinski definition) is 3. The third-order valence-electron chi connectivity index (χ3n) is 3.05. The summed E-state index contributed by atoms with van der Waals surface area (Å²) < 4.78 is 0. The average Bonchev–Trinajstić information content (AvgIpc) is 2.93. The van der Waals surface area contributed by atoms with Crippen molar-refractivity contribution >= 4 is 17.3 Å². The summed E-state index contributed by atoms with van der Waals surface area (Å²) in [7, 11) is 0. The summed E-state index contributed by atoms with van der Waals surface area (Å²) in [5.74, 6) is -0.434. The lowest BCUT2D eigenvalue weighted by Gasteiger charge is -2.25. The highest BCUT2D eigenvalue weighted by Crippen LogP contribution is 2.39. The summed E-state index contributed by atoms with van der Waals surface area (Å²) in [5.41, 5.74) is -0.746. The zero-order valence-corrected chi connectivity index (χ0v) is 9.51. The van der Waals surface area contributed by atoms with Gasteiger partial charge in [0.05, 0.1) is 0 Å². The molecule has 0 radical (unpaired) electrons. The maximum Gasteiger partial charge on any atom is 0.323 e. The molecule has 82 valence electrons. The van der Waals surface area contributed by atoms with Crippen LogP contribution in [0.25, 0.3) is 0 Å². The third-order valence-corrected chi connectivity index (χ3v) is 3.92. The van der Waals surface area contributed by atoms with E-state index in [1.54, 1.807) is 18.3 Å². The topological polar surface area (TPSA) is 49.3 Å². The summed E-state index contributed by atoms with van der Waals surface area (Å²) in [6.07, 6.45) is 2.06. The van der Waals surface area contributed by atoms with E-state index in [-0.39, 0.29) is 0 Å².